The molecule has 2 aliphatic rings. The molecule has 3 N–H and O–H groups in total. The summed E-state index contributed by atoms with van der Waals surface area (Å²) in [5.74, 6) is -0.551. The van der Waals surface area contributed by atoms with E-state index in [-0.39, 0.29) is 24.3 Å². The van der Waals surface area contributed by atoms with Gasteiger partial charge in [-0.25, -0.2) is 4.79 Å². The molecule has 6 nitrogen and oxygen atoms in total. The summed E-state index contributed by atoms with van der Waals surface area (Å²) in [6, 6.07) is 13.2. The normalized spacial score (nSPS) is 21.2. The predicted molar refractivity (Wildman–Crippen MR) is 106 cm³/mol. The van der Waals surface area contributed by atoms with E-state index < -0.39 is 11.6 Å². The average molecular weight is 377 g/mol. The van der Waals surface area contributed by atoms with Gasteiger partial charge in [0.1, 0.15) is 5.54 Å². The highest BCUT2D eigenvalue weighted by molar-refractivity contribution is 6.08. The molecule has 0 spiro atoms. The minimum Gasteiger partial charge on any atom is -0.349 e. The van der Waals surface area contributed by atoms with Gasteiger partial charge < -0.3 is 10.6 Å². The maximum Gasteiger partial charge on any atom is 0.322 e. The van der Waals surface area contributed by atoms with Crippen molar-refractivity contribution >= 4 is 17.8 Å². The molecule has 1 aliphatic heterocycles. The fourth-order valence-corrected chi connectivity index (χ4v) is 3.91. The van der Waals surface area contributed by atoms with Crippen molar-refractivity contribution in [1.29, 1.82) is 0 Å². The topological polar surface area (TPSA) is 87.3 Å². The van der Waals surface area contributed by atoms with Crippen molar-refractivity contribution in [3.05, 3.63) is 59.2 Å². The van der Waals surface area contributed by atoms with Gasteiger partial charge in [-0.3, -0.25) is 14.9 Å². The Balaban J connectivity index is 1.61. The fourth-order valence-electron chi connectivity index (χ4n) is 3.91. The monoisotopic (exact) mass is 377 g/mol. The first kappa shape index (κ1) is 18.2. The molecule has 2 aromatic rings. The largest absolute Gasteiger partial charge is 0.349 e. The van der Waals surface area contributed by atoms with Gasteiger partial charge in [-0.05, 0) is 55.4 Å². The van der Waals surface area contributed by atoms with E-state index in [1.54, 1.807) is 6.07 Å². The van der Waals surface area contributed by atoms with Gasteiger partial charge in [0.2, 0.25) is 0 Å². The standard InChI is InChI=1S/C22H23N3O3/c1-13-6-8-15(9-7-13)18-14(2)4-3-5-17(18)19(26)23-12-22(16-10-11-16)20(27)24-21(28)25-22/h3-9,16H,10-12H2,1-2H3,(H,23,26)(H2,24,25,27,28)/t22-/m0/s1. The predicted octanol–water partition coefficient (Wildman–Crippen LogP) is 2.69. The molecule has 2 aromatic carbocycles. The molecular weight excluding hydrogens is 354 g/mol. The molecule has 1 aliphatic carbocycles. The second-order valence-corrected chi connectivity index (χ2v) is 7.70. The van der Waals surface area contributed by atoms with Crippen LogP contribution in [-0.4, -0.2) is 29.9 Å². The van der Waals surface area contributed by atoms with E-state index in [1.165, 1.54) is 0 Å². The maximum absolute atomic E-state index is 13.0. The molecule has 6 heteroatoms. The number of hydrogen-bond donors (Lipinski definition) is 3. The summed E-state index contributed by atoms with van der Waals surface area (Å²) in [6.07, 6.45) is 1.73. The zero-order valence-electron chi connectivity index (χ0n) is 16.0. The lowest BCUT2D eigenvalue weighted by molar-refractivity contribution is -0.124. The van der Waals surface area contributed by atoms with Gasteiger partial charge >= 0.3 is 6.03 Å². The van der Waals surface area contributed by atoms with Crippen LogP contribution >= 0.6 is 0 Å². The first-order valence-electron chi connectivity index (χ1n) is 9.49. The number of imide groups is 1. The number of urea groups is 1. The van der Waals surface area contributed by atoms with Crippen molar-refractivity contribution in [3.63, 3.8) is 0 Å². The van der Waals surface area contributed by atoms with Gasteiger partial charge in [0.25, 0.3) is 11.8 Å². The number of aryl methyl sites for hydroxylation is 2. The van der Waals surface area contributed by atoms with Crippen molar-refractivity contribution in [1.82, 2.24) is 16.0 Å². The van der Waals surface area contributed by atoms with Crippen LogP contribution in [0.1, 0.15) is 34.3 Å². The number of amides is 4. The molecule has 4 rings (SSSR count). The fraction of sp³-hybridized carbons (Fsp3) is 0.318. The zero-order chi connectivity index (χ0) is 19.9. The van der Waals surface area contributed by atoms with Crippen LogP contribution < -0.4 is 16.0 Å². The molecule has 1 saturated heterocycles. The summed E-state index contributed by atoms with van der Waals surface area (Å²) in [5.41, 5.74) is 3.51. The van der Waals surface area contributed by atoms with Crippen LogP contribution in [0.15, 0.2) is 42.5 Å². The van der Waals surface area contributed by atoms with Crippen molar-refractivity contribution in [2.45, 2.75) is 32.2 Å². The molecule has 0 unspecified atom stereocenters. The Hall–Kier alpha value is -3.15. The Kier molecular flexibility index (Phi) is 4.41. The van der Waals surface area contributed by atoms with Gasteiger partial charge in [-0.2, -0.15) is 0 Å². The van der Waals surface area contributed by atoms with E-state index in [4.69, 9.17) is 0 Å². The van der Waals surface area contributed by atoms with Gasteiger partial charge in [0.05, 0.1) is 6.54 Å². The molecule has 4 amide bonds. The number of hydrogen-bond acceptors (Lipinski definition) is 3. The van der Waals surface area contributed by atoms with Crippen molar-refractivity contribution in [3.8, 4) is 11.1 Å². The van der Waals surface area contributed by atoms with Gasteiger partial charge in [0.15, 0.2) is 0 Å². The lowest BCUT2D eigenvalue weighted by Crippen LogP contribution is -2.57. The summed E-state index contributed by atoms with van der Waals surface area (Å²) in [5, 5.41) is 7.93. The van der Waals surface area contributed by atoms with Crippen LogP contribution in [0.4, 0.5) is 4.79 Å². The van der Waals surface area contributed by atoms with E-state index in [1.807, 2.05) is 50.2 Å². The minimum absolute atomic E-state index is 0.0633. The van der Waals surface area contributed by atoms with Crippen molar-refractivity contribution in [2.24, 2.45) is 5.92 Å². The second-order valence-electron chi connectivity index (χ2n) is 7.70. The third-order valence-electron chi connectivity index (χ3n) is 5.63. The summed E-state index contributed by atoms with van der Waals surface area (Å²) >= 11 is 0. The smallest absolute Gasteiger partial charge is 0.322 e. The Morgan fingerprint density at radius 2 is 1.82 bits per heavy atom. The van der Waals surface area contributed by atoms with E-state index in [2.05, 4.69) is 16.0 Å². The lowest BCUT2D eigenvalue weighted by Gasteiger charge is -2.26. The van der Waals surface area contributed by atoms with Crippen LogP contribution in [0.25, 0.3) is 11.1 Å². The highest BCUT2D eigenvalue weighted by atomic mass is 16.2. The zero-order valence-corrected chi connectivity index (χ0v) is 16.0. The minimum atomic E-state index is -1.04. The molecule has 28 heavy (non-hydrogen) atoms. The lowest BCUT2D eigenvalue weighted by atomic mass is 9.92. The van der Waals surface area contributed by atoms with Gasteiger partial charge in [-0.15, -0.1) is 0 Å². The van der Waals surface area contributed by atoms with E-state index in [9.17, 15) is 14.4 Å². The van der Waals surface area contributed by atoms with Crippen LogP contribution in [0, 0.1) is 19.8 Å². The molecule has 0 aromatic heterocycles. The SMILES string of the molecule is Cc1ccc(-c2c(C)cccc2C(=O)NC[C@@]2(C3CC3)NC(=O)NC2=O)cc1. The van der Waals surface area contributed by atoms with E-state index in [0.29, 0.717) is 5.56 Å². The average Bonchev–Trinajstić information content (AvgIpc) is 3.47. The quantitative estimate of drug-likeness (QED) is 0.700. The van der Waals surface area contributed by atoms with Crippen LogP contribution in [-0.2, 0) is 4.79 Å². The Bertz CT molecular complexity index is 963. The third-order valence-corrected chi connectivity index (χ3v) is 5.63. The summed E-state index contributed by atoms with van der Waals surface area (Å²) in [6.45, 7) is 4.07. The molecule has 2 fully saturated rings. The number of carbonyl (C=O) groups excluding carboxylic acids is 3. The summed E-state index contributed by atoms with van der Waals surface area (Å²) in [4.78, 5) is 37.1. The van der Waals surface area contributed by atoms with Gasteiger partial charge in [0, 0.05) is 5.56 Å². The Morgan fingerprint density at radius 1 is 1.11 bits per heavy atom. The third kappa shape index (κ3) is 3.15. The Labute approximate surface area is 163 Å². The molecule has 0 radical (unpaired) electrons. The van der Waals surface area contributed by atoms with Crippen LogP contribution in [0.2, 0.25) is 0 Å². The molecule has 144 valence electrons. The number of carbonyl (C=O) groups is 3. The van der Waals surface area contributed by atoms with Crippen molar-refractivity contribution < 1.29 is 14.4 Å². The summed E-state index contributed by atoms with van der Waals surface area (Å²) in [7, 11) is 0. The molecule has 1 atom stereocenters. The van der Waals surface area contributed by atoms with E-state index in [0.717, 1.165) is 35.1 Å². The second kappa shape index (κ2) is 6.78. The first-order valence-corrected chi connectivity index (χ1v) is 9.49. The highest BCUT2D eigenvalue weighted by Gasteiger charge is 2.56. The van der Waals surface area contributed by atoms with E-state index >= 15 is 0 Å². The van der Waals surface area contributed by atoms with Crippen LogP contribution in [0.3, 0.4) is 0 Å². The first-order chi connectivity index (χ1) is 13.4. The Morgan fingerprint density at radius 3 is 2.43 bits per heavy atom. The van der Waals surface area contributed by atoms with Crippen LogP contribution in [0.5, 0.6) is 0 Å². The number of nitrogens with one attached hydrogen (secondary N) is 3. The molecule has 0 bridgehead atoms. The van der Waals surface area contributed by atoms with Crippen molar-refractivity contribution in [2.75, 3.05) is 6.54 Å². The highest BCUT2D eigenvalue weighted by Crippen LogP contribution is 2.41. The van der Waals surface area contributed by atoms with Gasteiger partial charge in [-0.1, -0.05) is 42.0 Å². The molecule has 1 heterocycles. The molecular formula is C22H23N3O3. The number of rotatable bonds is 5. The summed E-state index contributed by atoms with van der Waals surface area (Å²) < 4.78 is 0. The molecule has 1 saturated carbocycles. The number of benzene rings is 2. The maximum atomic E-state index is 13.0.